The van der Waals surface area contributed by atoms with Gasteiger partial charge in [0.2, 0.25) is 0 Å². The van der Waals surface area contributed by atoms with Crippen molar-refractivity contribution in [2.45, 2.75) is 12.5 Å². The largest absolute Gasteiger partial charge is 0.374 e. The van der Waals surface area contributed by atoms with Crippen molar-refractivity contribution in [2.24, 2.45) is 5.73 Å². The minimum atomic E-state index is 0.232. The van der Waals surface area contributed by atoms with E-state index >= 15 is 0 Å². The quantitative estimate of drug-likeness (QED) is 0.877. The molecule has 1 aliphatic rings. The van der Waals surface area contributed by atoms with E-state index in [4.69, 9.17) is 22.1 Å². The van der Waals surface area contributed by atoms with Gasteiger partial charge in [-0.1, -0.05) is 23.7 Å². The molecule has 2 rings (SSSR count). The van der Waals surface area contributed by atoms with E-state index in [9.17, 15) is 0 Å². The molecule has 1 unspecified atom stereocenters. The molecule has 88 valence electrons. The van der Waals surface area contributed by atoms with Gasteiger partial charge in [0.25, 0.3) is 0 Å². The molecule has 0 aliphatic carbocycles. The number of morpholine rings is 1. The van der Waals surface area contributed by atoms with Crippen LogP contribution in [0.5, 0.6) is 0 Å². The summed E-state index contributed by atoms with van der Waals surface area (Å²) in [5, 5.41) is 0.802. The van der Waals surface area contributed by atoms with E-state index in [1.54, 1.807) is 0 Å². The summed E-state index contributed by atoms with van der Waals surface area (Å²) in [7, 11) is 0. The first-order valence-corrected chi connectivity index (χ1v) is 6.00. The minimum absolute atomic E-state index is 0.232. The number of nitrogens with zero attached hydrogens (tertiary/aromatic N) is 1. The Hall–Kier alpha value is -0.770. The van der Waals surface area contributed by atoms with Crippen molar-refractivity contribution in [3.63, 3.8) is 0 Å². The normalized spacial score (nSPS) is 21.1. The smallest absolute Gasteiger partial charge is 0.0762 e. The lowest BCUT2D eigenvalue weighted by molar-refractivity contribution is 0.0369. The Morgan fingerprint density at radius 1 is 1.44 bits per heavy atom. The van der Waals surface area contributed by atoms with E-state index in [1.165, 1.54) is 0 Å². The molecule has 16 heavy (non-hydrogen) atoms. The maximum absolute atomic E-state index is 6.18. The van der Waals surface area contributed by atoms with Crippen molar-refractivity contribution in [1.82, 2.24) is 0 Å². The second-order valence-corrected chi connectivity index (χ2v) is 4.37. The molecule has 1 saturated heterocycles. The third kappa shape index (κ3) is 2.67. The van der Waals surface area contributed by atoms with Gasteiger partial charge in [0.05, 0.1) is 23.4 Å². The Balaban J connectivity index is 2.07. The summed E-state index contributed by atoms with van der Waals surface area (Å²) >= 11 is 6.18. The molecule has 0 bridgehead atoms. The number of halogens is 1. The van der Waals surface area contributed by atoms with Gasteiger partial charge >= 0.3 is 0 Å². The zero-order valence-corrected chi connectivity index (χ0v) is 9.99. The molecule has 0 saturated carbocycles. The number of anilines is 1. The van der Waals surface area contributed by atoms with Gasteiger partial charge < -0.3 is 15.4 Å². The van der Waals surface area contributed by atoms with Crippen molar-refractivity contribution in [3.05, 3.63) is 29.3 Å². The molecule has 1 aromatic carbocycles. The molecule has 4 heteroatoms. The van der Waals surface area contributed by atoms with Crippen LogP contribution in [0.4, 0.5) is 5.69 Å². The number of nitrogens with two attached hydrogens (primary N) is 1. The predicted octanol–water partition coefficient (Wildman–Crippen LogP) is 1.89. The zero-order valence-electron chi connectivity index (χ0n) is 9.23. The van der Waals surface area contributed by atoms with Gasteiger partial charge in [0.1, 0.15) is 0 Å². The van der Waals surface area contributed by atoms with Crippen LogP contribution in [0.15, 0.2) is 24.3 Å². The lowest BCUT2D eigenvalue weighted by Gasteiger charge is -2.34. The van der Waals surface area contributed by atoms with Crippen molar-refractivity contribution < 1.29 is 4.74 Å². The summed E-state index contributed by atoms with van der Waals surface area (Å²) < 4.78 is 5.65. The summed E-state index contributed by atoms with van der Waals surface area (Å²) in [4.78, 5) is 2.27. The van der Waals surface area contributed by atoms with Gasteiger partial charge in [-0.3, -0.25) is 0 Å². The maximum Gasteiger partial charge on any atom is 0.0762 e. The summed E-state index contributed by atoms with van der Waals surface area (Å²) in [6, 6.07) is 7.93. The molecule has 0 radical (unpaired) electrons. The molecule has 1 aromatic rings. The van der Waals surface area contributed by atoms with E-state index in [2.05, 4.69) is 4.90 Å². The van der Waals surface area contributed by atoms with E-state index in [0.29, 0.717) is 6.54 Å². The van der Waals surface area contributed by atoms with E-state index < -0.39 is 0 Å². The second-order valence-electron chi connectivity index (χ2n) is 3.97. The van der Waals surface area contributed by atoms with Gasteiger partial charge in [0.15, 0.2) is 0 Å². The number of rotatable bonds is 3. The van der Waals surface area contributed by atoms with Crippen molar-refractivity contribution in [2.75, 3.05) is 31.1 Å². The Labute approximate surface area is 101 Å². The highest BCUT2D eigenvalue weighted by molar-refractivity contribution is 6.33. The molecule has 3 nitrogen and oxygen atoms in total. The molecule has 1 aliphatic heterocycles. The molecule has 1 heterocycles. The Bertz CT molecular complexity index is 344. The molecule has 0 spiro atoms. The van der Waals surface area contributed by atoms with Crippen LogP contribution in [0.1, 0.15) is 6.42 Å². The van der Waals surface area contributed by atoms with Gasteiger partial charge in [-0.25, -0.2) is 0 Å². The van der Waals surface area contributed by atoms with Crippen molar-refractivity contribution >= 4 is 17.3 Å². The first-order chi connectivity index (χ1) is 7.81. The Morgan fingerprint density at radius 3 is 3.00 bits per heavy atom. The molecule has 1 fully saturated rings. The molecular weight excluding hydrogens is 224 g/mol. The standard InChI is InChI=1S/C12H17ClN2O/c13-11-3-1-2-4-12(11)15-7-8-16-10(9-15)5-6-14/h1-4,10H,5-9,14H2. The summed E-state index contributed by atoms with van der Waals surface area (Å²) in [5.41, 5.74) is 6.64. The average molecular weight is 241 g/mol. The van der Waals surface area contributed by atoms with Gasteiger partial charge in [-0.05, 0) is 25.1 Å². The van der Waals surface area contributed by atoms with Gasteiger partial charge in [0, 0.05) is 13.1 Å². The summed E-state index contributed by atoms with van der Waals surface area (Å²) in [6.45, 7) is 3.18. The van der Waals surface area contributed by atoms with Crippen LogP contribution in [0.3, 0.4) is 0 Å². The lowest BCUT2D eigenvalue weighted by atomic mass is 10.2. The van der Waals surface area contributed by atoms with Gasteiger partial charge in [-0.15, -0.1) is 0 Å². The third-order valence-corrected chi connectivity index (χ3v) is 3.14. The fourth-order valence-corrected chi connectivity index (χ4v) is 2.26. The molecular formula is C12H17ClN2O. The SMILES string of the molecule is NCCC1CN(c2ccccc2Cl)CCO1. The van der Waals surface area contributed by atoms with Crippen LogP contribution < -0.4 is 10.6 Å². The summed E-state index contributed by atoms with van der Waals surface area (Å²) in [5.74, 6) is 0. The number of benzene rings is 1. The molecule has 2 N–H and O–H groups in total. The van der Waals surface area contributed by atoms with Crippen LogP contribution in [-0.4, -0.2) is 32.3 Å². The average Bonchev–Trinajstić information content (AvgIpc) is 2.30. The second kappa shape index (κ2) is 5.53. The molecule has 0 aromatic heterocycles. The topological polar surface area (TPSA) is 38.5 Å². The maximum atomic E-state index is 6.18. The summed E-state index contributed by atoms with van der Waals surface area (Å²) in [6.07, 6.45) is 1.14. The first kappa shape index (κ1) is 11.7. The van der Waals surface area contributed by atoms with E-state index in [1.807, 2.05) is 24.3 Å². The fourth-order valence-electron chi connectivity index (χ4n) is 2.01. The highest BCUT2D eigenvalue weighted by Crippen LogP contribution is 2.26. The predicted molar refractivity (Wildman–Crippen MR) is 67.1 cm³/mol. The lowest BCUT2D eigenvalue weighted by Crippen LogP contribution is -2.43. The third-order valence-electron chi connectivity index (χ3n) is 2.82. The Morgan fingerprint density at radius 2 is 2.25 bits per heavy atom. The van der Waals surface area contributed by atoms with Crippen LogP contribution >= 0.6 is 11.6 Å². The number of ether oxygens (including phenoxy) is 1. The van der Waals surface area contributed by atoms with Gasteiger partial charge in [-0.2, -0.15) is 0 Å². The zero-order chi connectivity index (χ0) is 11.4. The monoisotopic (exact) mass is 240 g/mol. The minimum Gasteiger partial charge on any atom is -0.374 e. The van der Waals surface area contributed by atoms with E-state index in [0.717, 1.165) is 36.8 Å². The van der Waals surface area contributed by atoms with Crippen LogP contribution in [-0.2, 0) is 4.74 Å². The highest BCUT2D eigenvalue weighted by Gasteiger charge is 2.21. The number of hydrogen-bond acceptors (Lipinski definition) is 3. The highest BCUT2D eigenvalue weighted by atomic mass is 35.5. The first-order valence-electron chi connectivity index (χ1n) is 5.62. The molecule has 1 atom stereocenters. The van der Waals surface area contributed by atoms with Crippen LogP contribution in [0.2, 0.25) is 5.02 Å². The van der Waals surface area contributed by atoms with Crippen molar-refractivity contribution in [3.8, 4) is 0 Å². The van der Waals surface area contributed by atoms with Crippen LogP contribution in [0, 0.1) is 0 Å². The van der Waals surface area contributed by atoms with E-state index in [-0.39, 0.29) is 6.10 Å². The van der Waals surface area contributed by atoms with Crippen LogP contribution in [0.25, 0.3) is 0 Å². The molecule has 0 amide bonds. The number of hydrogen-bond donors (Lipinski definition) is 1. The Kier molecular flexibility index (Phi) is 4.04. The fraction of sp³-hybridized carbons (Fsp3) is 0.500. The van der Waals surface area contributed by atoms with Crippen molar-refractivity contribution in [1.29, 1.82) is 0 Å². The number of para-hydroxylation sites is 1.